The maximum Gasteiger partial charge on any atom is 0.348 e. The van der Waals surface area contributed by atoms with Crippen molar-refractivity contribution in [3.63, 3.8) is 0 Å². The second kappa shape index (κ2) is 4.65. The van der Waals surface area contributed by atoms with Crippen LogP contribution in [0.15, 0.2) is 11.4 Å². The summed E-state index contributed by atoms with van der Waals surface area (Å²) in [6, 6.07) is 1.64. The predicted octanol–water partition coefficient (Wildman–Crippen LogP) is 0.879. The molecule has 1 rings (SSSR count). The van der Waals surface area contributed by atoms with E-state index >= 15 is 0 Å². The Morgan fingerprint density at radius 3 is 3.15 bits per heavy atom. The topological polar surface area (TPSA) is 46.5 Å². The van der Waals surface area contributed by atoms with Crippen molar-refractivity contribution in [2.45, 2.75) is 0 Å². The molecule has 4 heteroatoms. The van der Waals surface area contributed by atoms with E-state index in [0.29, 0.717) is 4.88 Å². The second-order valence-corrected chi connectivity index (χ2v) is 3.06. The Balaban J connectivity index is 2.80. The molecule has 0 fully saturated rings. The number of aliphatic hydroxyl groups is 1. The Bertz CT molecular complexity index is 356. The molecule has 68 valence electrons. The minimum absolute atomic E-state index is 0.177. The average molecular weight is 196 g/mol. The lowest BCUT2D eigenvalue weighted by Gasteiger charge is -1.90. The van der Waals surface area contributed by atoms with Gasteiger partial charge in [0.1, 0.15) is 11.5 Å². The van der Waals surface area contributed by atoms with E-state index in [1.165, 1.54) is 18.4 Å². The van der Waals surface area contributed by atoms with Gasteiger partial charge in [-0.3, -0.25) is 0 Å². The third-order valence-electron chi connectivity index (χ3n) is 1.30. The van der Waals surface area contributed by atoms with E-state index in [1.54, 1.807) is 11.4 Å². The van der Waals surface area contributed by atoms with Gasteiger partial charge in [0.2, 0.25) is 0 Å². The number of rotatable bonds is 1. The van der Waals surface area contributed by atoms with Crippen molar-refractivity contribution in [1.82, 2.24) is 0 Å². The number of hydrogen-bond acceptors (Lipinski definition) is 4. The van der Waals surface area contributed by atoms with Crippen LogP contribution in [0.25, 0.3) is 0 Å². The molecule has 3 nitrogen and oxygen atoms in total. The zero-order valence-electron chi connectivity index (χ0n) is 7.03. The summed E-state index contributed by atoms with van der Waals surface area (Å²) in [6.07, 6.45) is 0. The van der Waals surface area contributed by atoms with Gasteiger partial charge in [-0.1, -0.05) is 11.8 Å². The zero-order valence-corrected chi connectivity index (χ0v) is 7.85. The highest BCUT2D eigenvalue weighted by molar-refractivity contribution is 7.12. The molecular formula is C9H8O3S. The first-order valence-electron chi connectivity index (χ1n) is 3.54. The molecule has 0 saturated carbocycles. The first kappa shape index (κ1) is 9.78. The molecule has 1 aromatic rings. The van der Waals surface area contributed by atoms with Crippen molar-refractivity contribution in [2.75, 3.05) is 13.7 Å². The number of aliphatic hydroxyl groups excluding tert-OH is 1. The quantitative estimate of drug-likeness (QED) is 0.535. The molecule has 1 N–H and O–H groups in total. The summed E-state index contributed by atoms with van der Waals surface area (Å²) >= 11 is 1.27. The van der Waals surface area contributed by atoms with Gasteiger partial charge in [0.25, 0.3) is 0 Å². The molecule has 0 radical (unpaired) electrons. The van der Waals surface area contributed by atoms with Crippen molar-refractivity contribution in [2.24, 2.45) is 0 Å². The molecule has 0 bridgehead atoms. The van der Waals surface area contributed by atoms with E-state index in [2.05, 4.69) is 16.6 Å². The van der Waals surface area contributed by atoms with E-state index in [1.807, 2.05) is 0 Å². The summed E-state index contributed by atoms with van der Waals surface area (Å²) in [5.74, 6) is 4.83. The summed E-state index contributed by atoms with van der Waals surface area (Å²) < 4.78 is 4.53. The lowest BCUT2D eigenvalue weighted by atomic mass is 10.3. The van der Waals surface area contributed by atoms with Crippen LogP contribution in [-0.4, -0.2) is 24.8 Å². The van der Waals surface area contributed by atoms with Gasteiger partial charge in [-0.25, -0.2) is 4.79 Å². The summed E-state index contributed by atoms with van der Waals surface area (Å²) in [4.78, 5) is 11.5. The zero-order chi connectivity index (χ0) is 9.68. The molecule has 0 amide bonds. The van der Waals surface area contributed by atoms with Gasteiger partial charge >= 0.3 is 5.97 Å². The largest absolute Gasteiger partial charge is 0.465 e. The van der Waals surface area contributed by atoms with E-state index in [-0.39, 0.29) is 12.6 Å². The maximum absolute atomic E-state index is 11.0. The smallest absolute Gasteiger partial charge is 0.348 e. The highest BCUT2D eigenvalue weighted by Crippen LogP contribution is 2.14. The van der Waals surface area contributed by atoms with Crippen LogP contribution in [0.4, 0.5) is 0 Å². The molecule has 0 unspecified atom stereocenters. The number of thiophene rings is 1. The SMILES string of the molecule is COC(=O)c1cc(C#CCO)cs1. The molecule has 0 aliphatic rings. The number of ether oxygens (including phenoxy) is 1. The number of esters is 1. The van der Waals surface area contributed by atoms with Crippen LogP contribution in [0, 0.1) is 11.8 Å². The average Bonchev–Trinajstić information content (AvgIpc) is 2.62. The Kier molecular flexibility index (Phi) is 3.50. The molecule has 0 aliphatic heterocycles. The monoisotopic (exact) mass is 196 g/mol. The number of carbonyl (C=O) groups excluding carboxylic acids is 1. The molecule has 0 saturated heterocycles. The van der Waals surface area contributed by atoms with Crippen molar-refractivity contribution in [3.05, 3.63) is 21.9 Å². The molecule has 0 aliphatic carbocycles. The minimum atomic E-state index is -0.359. The fraction of sp³-hybridized carbons (Fsp3) is 0.222. The Morgan fingerprint density at radius 1 is 1.77 bits per heavy atom. The van der Waals surface area contributed by atoms with Gasteiger partial charge in [0, 0.05) is 10.9 Å². The molecule has 0 atom stereocenters. The Morgan fingerprint density at radius 2 is 2.54 bits per heavy atom. The molecule has 0 spiro atoms. The first-order valence-corrected chi connectivity index (χ1v) is 4.42. The number of methoxy groups -OCH3 is 1. The number of hydrogen-bond donors (Lipinski definition) is 1. The van der Waals surface area contributed by atoms with Gasteiger partial charge < -0.3 is 9.84 Å². The minimum Gasteiger partial charge on any atom is -0.465 e. The summed E-state index contributed by atoms with van der Waals surface area (Å²) in [5, 5.41) is 10.2. The third-order valence-corrected chi connectivity index (χ3v) is 2.21. The van der Waals surface area contributed by atoms with E-state index in [0.717, 1.165) is 5.56 Å². The Hall–Kier alpha value is -1.31. The van der Waals surface area contributed by atoms with Crippen LogP contribution in [-0.2, 0) is 4.74 Å². The predicted molar refractivity (Wildman–Crippen MR) is 49.6 cm³/mol. The van der Waals surface area contributed by atoms with E-state index in [4.69, 9.17) is 5.11 Å². The Labute approximate surface area is 80.0 Å². The standard InChI is InChI=1S/C9H8O3S/c1-12-9(11)8-5-7(6-13-8)3-2-4-10/h5-6,10H,4H2,1H3. The summed E-state index contributed by atoms with van der Waals surface area (Å²) in [7, 11) is 1.33. The van der Waals surface area contributed by atoms with Crippen LogP contribution in [0.1, 0.15) is 15.2 Å². The molecule has 1 heterocycles. The summed E-state index contributed by atoms with van der Waals surface area (Å²) in [6.45, 7) is -0.177. The van der Waals surface area contributed by atoms with Crippen molar-refractivity contribution in [3.8, 4) is 11.8 Å². The molecular weight excluding hydrogens is 188 g/mol. The van der Waals surface area contributed by atoms with Crippen molar-refractivity contribution < 1.29 is 14.6 Å². The van der Waals surface area contributed by atoms with Crippen molar-refractivity contribution >= 4 is 17.3 Å². The van der Waals surface area contributed by atoms with Gasteiger partial charge in [-0.15, -0.1) is 11.3 Å². The van der Waals surface area contributed by atoms with Crippen LogP contribution in [0.5, 0.6) is 0 Å². The van der Waals surface area contributed by atoms with Crippen LogP contribution in [0.3, 0.4) is 0 Å². The molecule has 13 heavy (non-hydrogen) atoms. The summed E-state index contributed by atoms with van der Waals surface area (Å²) in [5.41, 5.74) is 0.722. The molecule has 0 aromatic carbocycles. The van der Waals surface area contributed by atoms with Gasteiger partial charge in [-0.2, -0.15) is 0 Å². The lowest BCUT2D eigenvalue weighted by Crippen LogP contribution is -1.96. The van der Waals surface area contributed by atoms with Crippen molar-refractivity contribution in [1.29, 1.82) is 0 Å². The van der Waals surface area contributed by atoms with Gasteiger partial charge in [-0.05, 0) is 6.07 Å². The fourth-order valence-electron chi connectivity index (χ4n) is 0.751. The molecule has 1 aromatic heterocycles. The highest BCUT2D eigenvalue weighted by Gasteiger charge is 2.07. The first-order chi connectivity index (χ1) is 6.27. The van der Waals surface area contributed by atoms with Crippen LogP contribution < -0.4 is 0 Å². The van der Waals surface area contributed by atoms with E-state index < -0.39 is 0 Å². The normalized spacial score (nSPS) is 8.77. The number of carbonyl (C=O) groups is 1. The van der Waals surface area contributed by atoms with E-state index in [9.17, 15) is 4.79 Å². The fourth-order valence-corrected chi connectivity index (χ4v) is 1.51. The highest BCUT2D eigenvalue weighted by atomic mass is 32.1. The third kappa shape index (κ3) is 2.58. The van der Waals surface area contributed by atoms with Gasteiger partial charge in [0.05, 0.1) is 7.11 Å². The van der Waals surface area contributed by atoms with Gasteiger partial charge in [0.15, 0.2) is 0 Å². The van der Waals surface area contributed by atoms with Crippen LogP contribution >= 0.6 is 11.3 Å². The lowest BCUT2D eigenvalue weighted by molar-refractivity contribution is 0.0606. The van der Waals surface area contributed by atoms with Crippen LogP contribution in [0.2, 0.25) is 0 Å². The maximum atomic E-state index is 11.0. The second-order valence-electron chi connectivity index (χ2n) is 2.15.